The Labute approximate surface area is 104 Å². The van der Waals surface area contributed by atoms with Crippen LogP contribution in [0.5, 0.6) is 0 Å². The van der Waals surface area contributed by atoms with Gasteiger partial charge in [0.1, 0.15) is 5.82 Å². The normalized spacial score (nSPS) is 31.2. The molecule has 1 aromatic rings. The number of fused-ring (bicyclic) bond motifs is 2. The molecule has 3 atom stereocenters. The molecule has 1 aromatic heterocycles. The molecule has 2 fully saturated rings. The van der Waals surface area contributed by atoms with Crippen molar-refractivity contribution in [1.29, 1.82) is 0 Å². The molecule has 0 aliphatic heterocycles. The largest absolute Gasteiger partial charge is 0.334 e. The molecule has 17 heavy (non-hydrogen) atoms. The summed E-state index contributed by atoms with van der Waals surface area (Å²) in [6.45, 7) is 5.30. The second-order valence-electron chi connectivity index (χ2n) is 5.70. The molecule has 3 nitrogen and oxygen atoms in total. The van der Waals surface area contributed by atoms with E-state index in [1.54, 1.807) is 0 Å². The van der Waals surface area contributed by atoms with Gasteiger partial charge < -0.3 is 9.88 Å². The number of aromatic nitrogens is 2. The number of aryl methyl sites for hydroxylation is 1. The third-order valence-electron chi connectivity index (χ3n) is 4.72. The quantitative estimate of drug-likeness (QED) is 0.846. The maximum atomic E-state index is 4.40. The second-order valence-corrected chi connectivity index (χ2v) is 5.70. The molecule has 0 aromatic carbocycles. The maximum Gasteiger partial charge on any atom is 0.122 e. The van der Waals surface area contributed by atoms with Gasteiger partial charge >= 0.3 is 0 Å². The molecule has 0 radical (unpaired) electrons. The summed E-state index contributed by atoms with van der Waals surface area (Å²) in [5.41, 5.74) is 0. The van der Waals surface area contributed by atoms with Crippen molar-refractivity contribution in [2.45, 2.75) is 45.7 Å². The molecule has 0 spiro atoms. The lowest BCUT2D eigenvalue weighted by molar-refractivity contribution is 0.317. The van der Waals surface area contributed by atoms with E-state index in [1.807, 2.05) is 6.20 Å². The molecule has 2 saturated carbocycles. The van der Waals surface area contributed by atoms with Crippen molar-refractivity contribution in [3.05, 3.63) is 18.2 Å². The van der Waals surface area contributed by atoms with E-state index in [4.69, 9.17) is 0 Å². The van der Waals surface area contributed by atoms with E-state index in [9.17, 15) is 0 Å². The molecular weight excluding hydrogens is 210 g/mol. The average Bonchev–Trinajstić information content (AvgIpc) is 3.04. The summed E-state index contributed by atoms with van der Waals surface area (Å²) in [7, 11) is 0. The van der Waals surface area contributed by atoms with Crippen molar-refractivity contribution in [1.82, 2.24) is 14.9 Å². The van der Waals surface area contributed by atoms with Crippen molar-refractivity contribution >= 4 is 0 Å². The van der Waals surface area contributed by atoms with Gasteiger partial charge in [0.2, 0.25) is 0 Å². The first-order valence-corrected chi connectivity index (χ1v) is 7.07. The lowest BCUT2D eigenvalue weighted by Crippen LogP contribution is -2.27. The summed E-state index contributed by atoms with van der Waals surface area (Å²) in [6, 6.07) is 0. The van der Waals surface area contributed by atoms with Gasteiger partial charge in [-0.25, -0.2) is 4.98 Å². The van der Waals surface area contributed by atoms with E-state index in [2.05, 4.69) is 28.0 Å². The zero-order chi connectivity index (χ0) is 11.7. The number of imidazole rings is 1. The minimum Gasteiger partial charge on any atom is -0.334 e. The molecule has 0 saturated heterocycles. The van der Waals surface area contributed by atoms with Gasteiger partial charge in [-0.05, 0) is 50.5 Å². The minimum absolute atomic E-state index is 0.925. The van der Waals surface area contributed by atoms with Crippen molar-refractivity contribution in [3.63, 3.8) is 0 Å². The van der Waals surface area contributed by atoms with Gasteiger partial charge in [0, 0.05) is 18.9 Å². The Morgan fingerprint density at radius 3 is 3.06 bits per heavy atom. The van der Waals surface area contributed by atoms with Gasteiger partial charge in [-0.2, -0.15) is 0 Å². The summed E-state index contributed by atoms with van der Waals surface area (Å²) >= 11 is 0. The van der Waals surface area contributed by atoms with Crippen molar-refractivity contribution < 1.29 is 0 Å². The van der Waals surface area contributed by atoms with E-state index < -0.39 is 0 Å². The third kappa shape index (κ3) is 2.25. The lowest BCUT2D eigenvalue weighted by Gasteiger charge is -2.21. The van der Waals surface area contributed by atoms with Crippen LogP contribution < -0.4 is 5.32 Å². The van der Waals surface area contributed by atoms with Gasteiger partial charge in [0.05, 0.1) is 6.54 Å². The zero-order valence-corrected chi connectivity index (χ0v) is 10.7. The van der Waals surface area contributed by atoms with Crippen LogP contribution in [0.1, 0.15) is 38.4 Å². The highest BCUT2D eigenvalue weighted by molar-refractivity contribution is 4.93. The van der Waals surface area contributed by atoms with Gasteiger partial charge in [-0.15, -0.1) is 0 Å². The lowest BCUT2D eigenvalue weighted by atomic mass is 9.89. The molecule has 1 heterocycles. The standard InChI is InChI=1S/C14H23N3/c1-2-17-6-5-16-14(17)10-15-9-13-8-11-3-4-12(13)7-11/h5-6,11-13,15H,2-4,7-10H2,1H3. The van der Waals surface area contributed by atoms with E-state index in [-0.39, 0.29) is 0 Å². The monoisotopic (exact) mass is 233 g/mol. The Morgan fingerprint density at radius 1 is 1.41 bits per heavy atom. The fourth-order valence-electron chi connectivity index (χ4n) is 3.79. The maximum absolute atomic E-state index is 4.40. The molecule has 2 aliphatic rings. The van der Waals surface area contributed by atoms with E-state index in [0.29, 0.717) is 0 Å². The summed E-state index contributed by atoms with van der Waals surface area (Å²) in [6.07, 6.45) is 9.93. The molecule has 94 valence electrons. The number of hydrogen-bond acceptors (Lipinski definition) is 2. The number of hydrogen-bond donors (Lipinski definition) is 1. The highest BCUT2D eigenvalue weighted by atomic mass is 15.1. The van der Waals surface area contributed by atoms with Crippen LogP contribution in [0.4, 0.5) is 0 Å². The summed E-state index contributed by atoms with van der Waals surface area (Å²) in [5, 5.41) is 3.61. The van der Waals surface area contributed by atoms with Crippen LogP contribution in [0.3, 0.4) is 0 Å². The Morgan fingerprint density at radius 2 is 2.35 bits per heavy atom. The van der Waals surface area contributed by atoms with Crippen LogP contribution in [0.25, 0.3) is 0 Å². The summed E-state index contributed by atoms with van der Waals surface area (Å²) in [5.74, 6) is 4.21. The average molecular weight is 233 g/mol. The predicted molar refractivity (Wildman–Crippen MR) is 68.5 cm³/mol. The van der Waals surface area contributed by atoms with E-state index in [1.165, 1.54) is 38.1 Å². The molecule has 1 N–H and O–H groups in total. The van der Waals surface area contributed by atoms with Crippen LogP contribution in [0, 0.1) is 17.8 Å². The molecule has 2 aliphatic carbocycles. The van der Waals surface area contributed by atoms with Crippen molar-refractivity contribution in [3.8, 4) is 0 Å². The fraction of sp³-hybridized carbons (Fsp3) is 0.786. The highest BCUT2D eigenvalue weighted by Crippen LogP contribution is 2.47. The first kappa shape index (κ1) is 11.3. The Kier molecular flexibility index (Phi) is 3.19. The SMILES string of the molecule is CCn1ccnc1CNCC1CC2CCC1C2. The van der Waals surface area contributed by atoms with Crippen molar-refractivity contribution in [2.75, 3.05) is 6.54 Å². The van der Waals surface area contributed by atoms with Crippen LogP contribution >= 0.6 is 0 Å². The van der Waals surface area contributed by atoms with Gasteiger partial charge in [-0.3, -0.25) is 0 Å². The van der Waals surface area contributed by atoms with Crippen molar-refractivity contribution in [2.24, 2.45) is 17.8 Å². The molecule has 3 rings (SSSR count). The number of nitrogens with one attached hydrogen (secondary N) is 1. The summed E-state index contributed by atoms with van der Waals surface area (Å²) in [4.78, 5) is 4.40. The van der Waals surface area contributed by atoms with Crippen LogP contribution in [0.15, 0.2) is 12.4 Å². The van der Waals surface area contributed by atoms with E-state index >= 15 is 0 Å². The Bertz CT molecular complexity index is 371. The molecular formula is C14H23N3. The van der Waals surface area contributed by atoms with Gasteiger partial charge in [-0.1, -0.05) is 6.42 Å². The van der Waals surface area contributed by atoms with Crippen LogP contribution in [0.2, 0.25) is 0 Å². The van der Waals surface area contributed by atoms with Gasteiger partial charge in [0.25, 0.3) is 0 Å². The predicted octanol–water partition coefficient (Wildman–Crippen LogP) is 2.43. The summed E-state index contributed by atoms with van der Waals surface area (Å²) < 4.78 is 2.22. The molecule has 0 amide bonds. The zero-order valence-electron chi connectivity index (χ0n) is 10.7. The first-order chi connectivity index (χ1) is 8.36. The Balaban J connectivity index is 1.46. The minimum atomic E-state index is 0.925. The fourth-order valence-corrected chi connectivity index (χ4v) is 3.79. The topological polar surface area (TPSA) is 29.9 Å². The molecule has 3 heteroatoms. The number of rotatable bonds is 5. The van der Waals surface area contributed by atoms with Gasteiger partial charge in [0.15, 0.2) is 0 Å². The second kappa shape index (κ2) is 4.81. The third-order valence-corrected chi connectivity index (χ3v) is 4.72. The number of nitrogens with zero attached hydrogens (tertiary/aromatic N) is 2. The molecule has 3 unspecified atom stereocenters. The molecule has 2 bridgehead atoms. The van der Waals surface area contributed by atoms with Crippen LogP contribution in [-0.2, 0) is 13.1 Å². The first-order valence-electron chi connectivity index (χ1n) is 7.07. The van der Waals surface area contributed by atoms with Crippen LogP contribution in [-0.4, -0.2) is 16.1 Å². The highest BCUT2D eigenvalue weighted by Gasteiger charge is 2.38. The smallest absolute Gasteiger partial charge is 0.122 e. The van der Waals surface area contributed by atoms with E-state index in [0.717, 1.165) is 30.8 Å². The Hall–Kier alpha value is -0.830.